The number of hydrogen-bond acceptors (Lipinski definition) is 1. The Hall–Kier alpha value is -0.971. The summed E-state index contributed by atoms with van der Waals surface area (Å²) in [4.78, 5) is 10.1. The normalized spacial score (nSPS) is 14.4. The summed E-state index contributed by atoms with van der Waals surface area (Å²) >= 11 is 3.78. The summed E-state index contributed by atoms with van der Waals surface area (Å²) in [5.74, 6) is 4.43. The van der Waals surface area contributed by atoms with E-state index in [4.69, 9.17) is 5.11 Å². The van der Waals surface area contributed by atoms with Crippen molar-refractivity contribution >= 4 is 5.97 Å². The Morgan fingerprint density at radius 3 is 3.00 bits per heavy atom. The molecule has 0 heterocycles. The van der Waals surface area contributed by atoms with Crippen LogP contribution >= 0.6 is 0 Å². The zero-order valence-corrected chi connectivity index (χ0v) is 7.38. The zero-order chi connectivity index (χ0) is 8.97. The molecule has 0 unspecified atom stereocenters. The van der Waals surface area contributed by atoms with E-state index in [1.165, 1.54) is 0 Å². The van der Waals surface area contributed by atoms with Crippen LogP contribution in [-0.2, 0) is 20.8 Å². The fourth-order valence-electron chi connectivity index (χ4n) is 0.799. The SMILES string of the molecule is O=C(O)CC#CC1=[C]([Fe])CC=C1. The van der Waals surface area contributed by atoms with E-state index < -0.39 is 5.97 Å². The van der Waals surface area contributed by atoms with E-state index in [0.717, 1.165) is 16.5 Å². The molecule has 0 aromatic heterocycles. The van der Waals surface area contributed by atoms with Crippen molar-refractivity contribution in [3.05, 3.63) is 22.2 Å². The van der Waals surface area contributed by atoms with Crippen LogP contribution in [0.3, 0.4) is 0 Å². The third-order valence-corrected chi connectivity index (χ3v) is 1.85. The van der Waals surface area contributed by atoms with E-state index in [2.05, 4.69) is 27.9 Å². The first-order valence-electron chi connectivity index (χ1n) is 3.45. The number of hydrogen-bond donors (Lipinski definition) is 1. The second-order valence-electron chi connectivity index (χ2n) is 2.28. The molecule has 0 radical (unpaired) electrons. The summed E-state index contributed by atoms with van der Waals surface area (Å²) in [6.07, 6.45) is 4.56. The van der Waals surface area contributed by atoms with Gasteiger partial charge in [0, 0.05) is 0 Å². The van der Waals surface area contributed by atoms with Crippen molar-refractivity contribution < 1.29 is 25.9 Å². The maximum atomic E-state index is 10.1. The Labute approximate surface area is 79.2 Å². The van der Waals surface area contributed by atoms with Crippen molar-refractivity contribution in [3.63, 3.8) is 0 Å². The first-order valence-corrected chi connectivity index (χ1v) is 4.00. The number of aliphatic carboxylic acids is 1. The molecule has 1 aliphatic carbocycles. The van der Waals surface area contributed by atoms with Crippen molar-refractivity contribution in [2.75, 3.05) is 0 Å². The average molecular weight is 203 g/mol. The summed E-state index contributed by atoms with van der Waals surface area (Å²) in [5, 5.41) is 8.30. The van der Waals surface area contributed by atoms with Crippen LogP contribution in [0.15, 0.2) is 22.2 Å². The molecule has 0 aromatic rings. The second-order valence-corrected chi connectivity index (χ2v) is 2.95. The molecule has 0 bridgehead atoms. The summed E-state index contributed by atoms with van der Waals surface area (Å²) in [5.41, 5.74) is 0.858. The number of allylic oxidation sites excluding steroid dienone is 4. The third-order valence-electron chi connectivity index (χ3n) is 1.32. The van der Waals surface area contributed by atoms with Gasteiger partial charge in [-0.2, -0.15) is 0 Å². The molecule has 0 saturated heterocycles. The first kappa shape index (κ1) is 9.12. The Morgan fingerprint density at radius 1 is 1.75 bits per heavy atom. The van der Waals surface area contributed by atoms with Crippen LogP contribution in [0.2, 0.25) is 0 Å². The molecule has 0 atom stereocenters. The van der Waals surface area contributed by atoms with Gasteiger partial charge in [0.05, 0.1) is 0 Å². The minimum atomic E-state index is -0.893. The molecule has 2 nitrogen and oxygen atoms in total. The van der Waals surface area contributed by atoms with Crippen molar-refractivity contribution in [1.29, 1.82) is 0 Å². The quantitative estimate of drug-likeness (QED) is 0.513. The van der Waals surface area contributed by atoms with Gasteiger partial charge in [0.25, 0.3) is 0 Å². The number of rotatable bonds is 1. The molecule has 0 aliphatic heterocycles. The Kier molecular flexibility index (Phi) is 3.16. The van der Waals surface area contributed by atoms with E-state index in [0.29, 0.717) is 0 Å². The van der Waals surface area contributed by atoms with E-state index in [9.17, 15) is 4.79 Å². The zero-order valence-electron chi connectivity index (χ0n) is 6.28. The summed E-state index contributed by atoms with van der Waals surface area (Å²) in [6, 6.07) is 0. The standard InChI is InChI=1S/C9H7O2.Fe/c10-9(11)7-3-6-8-4-1-2-5-8;/h1,4H,2,7H2,(H,10,11);. The van der Waals surface area contributed by atoms with Gasteiger partial charge >= 0.3 is 78.8 Å². The average Bonchev–Trinajstić information content (AvgIpc) is 2.36. The minimum absolute atomic E-state index is 0.107. The molecule has 1 rings (SSSR count). The van der Waals surface area contributed by atoms with Gasteiger partial charge in [-0.05, 0) is 0 Å². The third kappa shape index (κ3) is 2.58. The van der Waals surface area contributed by atoms with Gasteiger partial charge < -0.3 is 0 Å². The first-order chi connectivity index (χ1) is 5.70. The van der Waals surface area contributed by atoms with E-state index in [1.54, 1.807) is 0 Å². The second kappa shape index (κ2) is 4.15. The monoisotopic (exact) mass is 203 g/mol. The molecule has 12 heavy (non-hydrogen) atoms. The molecule has 0 amide bonds. The molecule has 63 valence electrons. The van der Waals surface area contributed by atoms with Crippen LogP contribution in [0.1, 0.15) is 12.8 Å². The summed E-state index contributed by atoms with van der Waals surface area (Å²) in [6.45, 7) is 0. The molecule has 0 aromatic carbocycles. The van der Waals surface area contributed by atoms with Crippen molar-refractivity contribution in [2.45, 2.75) is 12.8 Å². The van der Waals surface area contributed by atoms with E-state index >= 15 is 0 Å². The number of carboxylic acid groups (broad SMARTS) is 1. The molecule has 1 aliphatic rings. The Balaban J connectivity index is 2.59. The maximum absolute atomic E-state index is 10.1. The van der Waals surface area contributed by atoms with Crippen LogP contribution in [0.4, 0.5) is 0 Å². The number of carboxylic acids is 1. The van der Waals surface area contributed by atoms with Gasteiger partial charge in [-0.25, -0.2) is 0 Å². The predicted octanol–water partition coefficient (Wildman–Crippen LogP) is 1.23. The van der Waals surface area contributed by atoms with Crippen molar-refractivity contribution in [2.24, 2.45) is 0 Å². The van der Waals surface area contributed by atoms with Crippen molar-refractivity contribution in [3.8, 4) is 11.8 Å². The molecule has 0 spiro atoms. The Bertz CT molecular complexity index is 315. The van der Waals surface area contributed by atoms with Crippen LogP contribution in [0, 0.1) is 11.8 Å². The van der Waals surface area contributed by atoms with Gasteiger partial charge in [0.1, 0.15) is 0 Å². The summed E-state index contributed by atoms with van der Waals surface area (Å²) in [7, 11) is 0. The van der Waals surface area contributed by atoms with Gasteiger partial charge in [-0.15, -0.1) is 0 Å². The van der Waals surface area contributed by atoms with Crippen LogP contribution in [0.25, 0.3) is 0 Å². The van der Waals surface area contributed by atoms with Crippen LogP contribution in [-0.4, -0.2) is 11.1 Å². The number of carbonyl (C=O) groups is 1. The molecule has 1 N–H and O–H groups in total. The fourth-order valence-corrected chi connectivity index (χ4v) is 1.09. The molecular formula is C9H7FeO2. The van der Waals surface area contributed by atoms with Gasteiger partial charge in [0.2, 0.25) is 0 Å². The molecule has 3 heteroatoms. The van der Waals surface area contributed by atoms with Gasteiger partial charge in [0.15, 0.2) is 0 Å². The van der Waals surface area contributed by atoms with E-state index in [-0.39, 0.29) is 6.42 Å². The summed E-state index contributed by atoms with van der Waals surface area (Å²) < 4.78 is 0.966. The predicted molar refractivity (Wildman–Crippen MR) is 40.8 cm³/mol. The fraction of sp³-hybridized carbons (Fsp3) is 0.222. The van der Waals surface area contributed by atoms with E-state index in [1.807, 2.05) is 12.2 Å². The van der Waals surface area contributed by atoms with Crippen LogP contribution in [0.5, 0.6) is 0 Å². The van der Waals surface area contributed by atoms with Gasteiger partial charge in [-0.1, -0.05) is 0 Å². The van der Waals surface area contributed by atoms with Gasteiger partial charge in [-0.3, -0.25) is 0 Å². The Morgan fingerprint density at radius 2 is 2.50 bits per heavy atom. The van der Waals surface area contributed by atoms with Crippen molar-refractivity contribution in [1.82, 2.24) is 0 Å². The molecular weight excluding hydrogens is 196 g/mol. The topological polar surface area (TPSA) is 37.3 Å². The molecule has 0 saturated carbocycles. The molecule has 0 fully saturated rings. The van der Waals surface area contributed by atoms with Crippen LogP contribution < -0.4 is 0 Å².